The number of carbonyl (C=O) groups is 2. The average Bonchev–Trinajstić information content (AvgIpc) is 2.15. The molecule has 0 saturated heterocycles. The van der Waals surface area contributed by atoms with Gasteiger partial charge in [0.05, 0.1) is 11.1 Å². The molecule has 3 nitrogen and oxygen atoms in total. The van der Waals surface area contributed by atoms with E-state index in [2.05, 4.69) is 0 Å². The summed E-state index contributed by atoms with van der Waals surface area (Å²) in [4.78, 5) is 21.2. The first-order valence-electron chi connectivity index (χ1n) is 3.83. The number of aldehydes is 1. The van der Waals surface area contributed by atoms with E-state index in [0.717, 1.165) is 12.1 Å². The Morgan fingerprint density at radius 3 is 2.33 bits per heavy atom. The molecule has 0 heterocycles. The number of carbonyl (C=O) groups excluding carboxylic acids is 2. The monoisotopic (exact) mass is 217 g/mol. The maximum Gasteiger partial charge on any atom is 0.417 e. The maximum atomic E-state index is 12.4. The van der Waals surface area contributed by atoms with Crippen molar-refractivity contribution in [1.29, 1.82) is 0 Å². The molecule has 0 bridgehead atoms. The van der Waals surface area contributed by atoms with Crippen LogP contribution in [0.5, 0.6) is 0 Å². The van der Waals surface area contributed by atoms with Gasteiger partial charge in [0, 0.05) is 5.56 Å². The molecule has 1 amide bonds. The van der Waals surface area contributed by atoms with Gasteiger partial charge < -0.3 is 5.73 Å². The lowest BCUT2D eigenvalue weighted by molar-refractivity contribution is -0.137. The van der Waals surface area contributed by atoms with E-state index in [-0.39, 0.29) is 11.8 Å². The van der Waals surface area contributed by atoms with E-state index in [1.807, 2.05) is 0 Å². The summed E-state index contributed by atoms with van der Waals surface area (Å²) in [7, 11) is 0. The lowest BCUT2D eigenvalue weighted by Gasteiger charge is -2.11. The van der Waals surface area contributed by atoms with E-state index in [0.29, 0.717) is 6.07 Å². The van der Waals surface area contributed by atoms with Crippen LogP contribution in [-0.2, 0) is 6.18 Å². The fourth-order valence-corrected chi connectivity index (χ4v) is 1.18. The van der Waals surface area contributed by atoms with Gasteiger partial charge in [0.25, 0.3) is 0 Å². The standard InChI is InChI=1S/C9H6F3NO2/c10-9(11,12)6-3-1-2-5(4-14)7(6)8(13)15/h1-4H,(H2,13,15). The minimum absolute atomic E-state index is 0.162. The smallest absolute Gasteiger partial charge is 0.366 e. The van der Waals surface area contributed by atoms with Crippen molar-refractivity contribution in [2.75, 3.05) is 0 Å². The van der Waals surface area contributed by atoms with E-state index >= 15 is 0 Å². The molecule has 6 heteroatoms. The highest BCUT2D eigenvalue weighted by Crippen LogP contribution is 2.32. The third kappa shape index (κ3) is 2.15. The second-order valence-corrected chi connectivity index (χ2v) is 2.75. The largest absolute Gasteiger partial charge is 0.417 e. The van der Waals surface area contributed by atoms with Crippen LogP contribution < -0.4 is 5.73 Å². The molecule has 0 radical (unpaired) electrons. The fraction of sp³-hybridized carbons (Fsp3) is 0.111. The first-order chi connectivity index (χ1) is 6.88. The summed E-state index contributed by atoms with van der Waals surface area (Å²) in [6.45, 7) is 0. The Hall–Kier alpha value is -1.85. The van der Waals surface area contributed by atoms with Crippen LogP contribution in [0, 0.1) is 0 Å². The molecule has 0 unspecified atom stereocenters. The van der Waals surface area contributed by atoms with Gasteiger partial charge in [-0.3, -0.25) is 9.59 Å². The van der Waals surface area contributed by atoms with Gasteiger partial charge in [0.15, 0.2) is 6.29 Å². The Morgan fingerprint density at radius 2 is 1.93 bits per heavy atom. The highest BCUT2D eigenvalue weighted by atomic mass is 19.4. The second-order valence-electron chi connectivity index (χ2n) is 2.75. The molecular weight excluding hydrogens is 211 g/mol. The van der Waals surface area contributed by atoms with Crippen molar-refractivity contribution in [2.45, 2.75) is 6.18 Å². The SMILES string of the molecule is NC(=O)c1c(C=O)cccc1C(F)(F)F. The fourth-order valence-electron chi connectivity index (χ4n) is 1.18. The molecule has 0 aromatic heterocycles. The van der Waals surface area contributed by atoms with E-state index < -0.39 is 23.2 Å². The maximum absolute atomic E-state index is 12.4. The van der Waals surface area contributed by atoms with Gasteiger partial charge in [-0.05, 0) is 6.07 Å². The van der Waals surface area contributed by atoms with Crippen LogP contribution in [0.2, 0.25) is 0 Å². The zero-order chi connectivity index (χ0) is 11.6. The predicted molar refractivity (Wildman–Crippen MR) is 45.3 cm³/mol. The summed E-state index contributed by atoms with van der Waals surface area (Å²) >= 11 is 0. The summed E-state index contributed by atoms with van der Waals surface area (Å²) < 4.78 is 37.2. The number of amides is 1. The van der Waals surface area contributed by atoms with Crippen molar-refractivity contribution in [1.82, 2.24) is 0 Å². The van der Waals surface area contributed by atoms with Gasteiger partial charge in [-0.1, -0.05) is 12.1 Å². The van der Waals surface area contributed by atoms with Crippen LogP contribution in [0.4, 0.5) is 13.2 Å². The second kappa shape index (κ2) is 3.72. The molecule has 15 heavy (non-hydrogen) atoms. The highest BCUT2D eigenvalue weighted by Gasteiger charge is 2.35. The Kier molecular flexibility index (Phi) is 2.78. The predicted octanol–water partition coefficient (Wildman–Crippen LogP) is 1.62. The molecule has 0 atom stereocenters. The van der Waals surface area contributed by atoms with Gasteiger partial charge in [0.1, 0.15) is 0 Å². The minimum atomic E-state index is -4.70. The minimum Gasteiger partial charge on any atom is -0.366 e. The van der Waals surface area contributed by atoms with Crippen molar-refractivity contribution < 1.29 is 22.8 Å². The van der Waals surface area contributed by atoms with E-state index in [1.54, 1.807) is 0 Å². The first kappa shape index (κ1) is 11.2. The third-order valence-corrected chi connectivity index (χ3v) is 1.78. The van der Waals surface area contributed by atoms with Crippen LogP contribution in [0.25, 0.3) is 0 Å². The summed E-state index contributed by atoms with van der Waals surface area (Å²) in [5.41, 5.74) is 2.44. The van der Waals surface area contributed by atoms with Gasteiger partial charge in [-0.25, -0.2) is 0 Å². The summed E-state index contributed by atoms with van der Waals surface area (Å²) in [5, 5.41) is 0. The third-order valence-electron chi connectivity index (χ3n) is 1.78. The molecule has 2 N–H and O–H groups in total. The Morgan fingerprint density at radius 1 is 1.33 bits per heavy atom. The van der Waals surface area contributed by atoms with Crippen LogP contribution >= 0.6 is 0 Å². The van der Waals surface area contributed by atoms with Crippen LogP contribution in [-0.4, -0.2) is 12.2 Å². The molecule has 1 aromatic rings. The number of primary amides is 1. The highest BCUT2D eigenvalue weighted by molar-refractivity contribution is 6.02. The van der Waals surface area contributed by atoms with Crippen molar-refractivity contribution in [3.63, 3.8) is 0 Å². The lowest BCUT2D eigenvalue weighted by atomic mass is 10.0. The van der Waals surface area contributed by atoms with Crippen LogP contribution in [0.3, 0.4) is 0 Å². The van der Waals surface area contributed by atoms with Crippen LogP contribution in [0.1, 0.15) is 26.3 Å². The van der Waals surface area contributed by atoms with Crippen molar-refractivity contribution >= 4 is 12.2 Å². The quantitative estimate of drug-likeness (QED) is 0.765. The Balaban J connectivity index is 3.52. The zero-order valence-corrected chi connectivity index (χ0v) is 7.34. The van der Waals surface area contributed by atoms with Crippen molar-refractivity contribution in [3.05, 3.63) is 34.9 Å². The van der Waals surface area contributed by atoms with Gasteiger partial charge in [-0.15, -0.1) is 0 Å². The van der Waals surface area contributed by atoms with Crippen molar-refractivity contribution in [2.24, 2.45) is 5.73 Å². The summed E-state index contributed by atoms with van der Waals surface area (Å²) in [6, 6.07) is 2.84. The lowest BCUT2D eigenvalue weighted by Crippen LogP contribution is -2.20. The summed E-state index contributed by atoms with van der Waals surface area (Å²) in [6.07, 6.45) is -4.54. The molecule has 1 rings (SSSR count). The first-order valence-corrected chi connectivity index (χ1v) is 3.83. The number of hydrogen-bond donors (Lipinski definition) is 1. The Bertz CT molecular complexity index is 412. The van der Waals surface area contributed by atoms with Gasteiger partial charge in [-0.2, -0.15) is 13.2 Å². The molecule has 0 saturated carbocycles. The molecule has 0 fully saturated rings. The molecule has 80 valence electrons. The molecule has 0 aliphatic rings. The number of benzene rings is 1. The number of hydrogen-bond acceptors (Lipinski definition) is 2. The molecule has 1 aromatic carbocycles. The topological polar surface area (TPSA) is 60.2 Å². The van der Waals surface area contributed by atoms with Crippen LogP contribution in [0.15, 0.2) is 18.2 Å². The zero-order valence-electron chi connectivity index (χ0n) is 7.34. The average molecular weight is 217 g/mol. The number of nitrogens with two attached hydrogens (primary N) is 1. The van der Waals surface area contributed by atoms with E-state index in [4.69, 9.17) is 5.73 Å². The normalized spacial score (nSPS) is 11.1. The van der Waals surface area contributed by atoms with Gasteiger partial charge in [0.2, 0.25) is 5.91 Å². The number of halogens is 3. The molecular formula is C9H6F3NO2. The van der Waals surface area contributed by atoms with E-state index in [1.165, 1.54) is 0 Å². The van der Waals surface area contributed by atoms with Crippen molar-refractivity contribution in [3.8, 4) is 0 Å². The Labute approximate surface area is 82.7 Å². The number of alkyl halides is 3. The number of rotatable bonds is 2. The van der Waals surface area contributed by atoms with E-state index in [9.17, 15) is 22.8 Å². The van der Waals surface area contributed by atoms with Gasteiger partial charge >= 0.3 is 6.18 Å². The molecule has 0 aliphatic heterocycles. The molecule has 0 aliphatic carbocycles. The summed E-state index contributed by atoms with van der Waals surface area (Å²) in [5.74, 6) is -1.27. The molecule has 0 spiro atoms.